The van der Waals surface area contributed by atoms with Gasteiger partial charge in [0.15, 0.2) is 5.96 Å². The maximum Gasteiger partial charge on any atom is 0.191 e. The van der Waals surface area contributed by atoms with Crippen LogP contribution in [0.25, 0.3) is 0 Å². The summed E-state index contributed by atoms with van der Waals surface area (Å²) in [6.45, 7) is 13.3. The number of nitrogens with one attached hydrogen (secondary N) is 2. The third-order valence-electron chi connectivity index (χ3n) is 4.82. The number of hydrogen-bond acceptors (Lipinski definition) is 4. The molecule has 1 fully saturated rings. The van der Waals surface area contributed by atoms with Gasteiger partial charge in [0.25, 0.3) is 0 Å². The first kappa shape index (κ1) is 24.7. The van der Waals surface area contributed by atoms with Gasteiger partial charge < -0.3 is 20.4 Å². The fraction of sp³-hybridized carbons (Fsp3) is 0.750. The lowest BCUT2D eigenvalue weighted by atomic mass is 10.1. The van der Waals surface area contributed by atoms with Crippen molar-refractivity contribution in [1.82, 2.24) is 20.4 Å². The first-order valence-electron chi connectivity index (χ1n) is 10.1. The lowest BCUT2D eigenvalue weighted by Gasteiger charge is -2.32. The van der Waals surface area contributed by atoms with Crippen molar-refractivity contribution >= 4 is 41.3 Å². The SMILES string of the molecule is CCNC(=NCC(C)Cc1cccs1)NCCCCN1CCN(C)CC1.I. The quantitative estimate of drug-likeness (QED) is 0.221. The maximum atomic E-state index is 4.77. The number of hydrogen-bond donors (Lipinski definition) is 2. The van der Waals surface area contributed by atoms with E-state index < -0.39 is 0 Å². The van der Waals surface area contributed by atoms with Crippen LogP contribution < -0.4 is 10.6 Å². The molecule has 0 bridgehead atoms. The molecule has 2 heterocycles. The summed E-state index contributed by atoms with van der Waals surface area (Å²) in [5.41, 5.74) is 0. The molecule has 0 amide bonds. The number of halogens is 1. The monoisotopic (exact) mass is 507 g/mol. The molecule has 1 aliphatic heterocycles. The van der Waals surface area contributed by atoms with E-state index in [-0.39, 0.29) is 24.0 Å². The highest BCUT2D eigenvalue weighted by molar-refractivity contribution is 14.0. The molecular formula is C20H38IN5S. The Morgan fingerprint density at radius 1 is 1.22 bits per heavy atom. The summed E-state index contributed by atoms with van der Waals surface area (Å²) < 4.78 is 0. The minimum atomic E-state index is 0. The average Bonchev–Trinajstić information content (AvgIpc) is 3.14. The van der Waals surface area contributed by atoms with E-state index in [9.17, 15) is 0 Å². The van der Waals surface area contributed by atoms with Crippen molar-refractivity contribution in [2.24, 2.45) is 10.9 Å². The molecule has 7 heteroatoms. The fourth-order valence-electron chi connectivity index (χ4n) is 3.16. The molecule has 27 heavy (non-hydrogen) atoms. The van der Waals surface area contributed by atoms with Gasteiger partial charge in [0.1, 0.15) is 0 Å². The van der Waals surface area contributed by atoms with Gasteiger partial charge in [0.2, 0.25) is 0 Å². The van der Waals surface area contributed by atoms with Crippen molar-refractivity contribution < 1.29 is 0 Å². The number of thiophene rings is 1. The van der Waals surface area contributed by atoms with Crippen LogP contribution in [0.4, 0.5) is 0 Å². The van der Waals surface area contributed by atoms with Crippen molar-refractivity contribution in [3.63, 3.8) is 0 Å². The van der Waals surface area contributed by atoms with Crippen LogP contribution in [0.2, 0.25) is 0 Å². The van der Waals surface area contributed by atoms with Gasteiger partial charge in [-0.15, -0.1) is 35.3 Å². The highest BCUT2D eigenvalue weighted by atomic mass is 127. The van der Waals surface area contributed by atoms with Crippen LogP contribution in [0, 0.1) is 5.92 Å². The van der Waals surface area contributed by atoms with Crippen LogP contribution in [0.3, 0.4) is 0 Å². The first-order valence-corrected chi connectivity index (χ1v) is 11.0. The van der Waals surface area contributed by atoms with Crippen LogP contribution in [0.15, 0.2) is 22.5 Å². The van der Waals surface area contributed by atoms with Gasteiger partial charge in [-0.1, -0.05) is 13.0 Å². The average molecular weight is 508 g/mol. The second kappa shape index (κ2) is 14.6. The van der Waals surface area contributed by atoms with Crippen LogP contribution >= 0.6 is 35.3 Å². The summed E-state index contributed by atoms with van der Waals surface area (Å²) in [6.07, 6.45) is 3.57. The van der Waals surface area contributed by atoms with Gasteiger partial charge in [-0.2, -0.15) is 0 Å². The van der Waals surface area contributed by atoms with E-state index in [1.165, 1.54) is 50.4 Å². The Morgan fingerprint density at radius 3 is 2.67 bits per heavy atom. The molecule has 5 nitrogen and oxygen atoms in total. The molecule has 1 aliphatic rings. The molecular weight excluding hydrogens is 469 g/mol. The zero-order valence-corrected chi connectivity index (χ0v) is 20.4. The summed E-state index contributed by atoms with van der Waals surface area (Å²) in [7, 11) is 2.21. The second-order valence-corrected chi connectivity index (χ2v) is 8.42. The van der Waals surface area contributed by atoms with E-state index in [0.29, 0.717) is 5.92 Å². The van der Waals surface area contributed by atoms with Gasteiger partial charge in [-0.3, -0.25) is 4.99 Å². The van der Waals surface area contributed by atoms with Gasteiger partial charge in [0.05, 0.1) is 0 Å². The highest BCUT2D eigenvalue weighted by Crippen LogP contribution is 2.14. The molecule has 0 radical (unpaired) electrons. The van der Waals surface area contributed by atoms with Gasteiger partial charge in [-0.05, 0) is 57.1 Å². The number of aliphatic imine (C=N–C) groups is 1. The summed E-state index contributed by atoms with van der Waals surface area (Å²) in [5, 5.41) is 9.01. The molecule has 1 atom stereocenters. The number of nitrogens with zero attached hydrogens (tertiary/aromatic N) is 3. The Hall–Kier alpha value is -0.380. The smallest absolute Gasteiger partial charge is 0.191 e. The van der Waals surface area contributed by atoms with E-state index in [4.69, 9.17) is 4.99 Å². The number of guanidine groups is 1. The molecule has 1 aromatic heterocycles. The van der Waals surface area contributed by atoms with E-state index in [0.717, 1.165) is 32.0 Å². The zero-order valence-electron chi connectivity index (χ0n) is 17.2. The van der Waals surface area contributed by atoms with Crippen LogP contribution in [0.5, 0.6) is 0 Å². The van der Waals surface area contributed by atoms with Crippen molar-refractivity contribution in [3.8, 4) is 0 Å². The standard InChI is InChI=1S/C20H37N5S.HI/c1-4-21-20(23-17-18(2)16-19-8-7-15-26-19)22-9-5-6-10-25-13-11-24(3)12-14-25;/h7-8,15,18H,4-6,9-14,16-17H2,1-3H3,(H2,21,22,23);1H. The zero-order chi connectivity index (χ0) is 18.6. The fourth-order valence-corrected chi connectivity index (χ4v) is 4.03. The molecule has 0 aliphatic carbocycles. The normalized spacial score (nSPS) is 17.4. The van der Waals surface area contributed by atoms with E-state index >= 15 is 0 Å². The molecule has 1 aromatic rings. The van der Waals surface area contributed by atoms with Crippen LogP contribution in [-0.2, 0) is 6.42 Å². The van der Waals surface area contributed by atoms with Gasteiger partial charge in [-0.25, -0.2) is 0 Å². The van der Waals surface area contributed by atoms with Crippen molar-refractivity contribution in [2.45, 2.75) is 33.1 Å². The lowest BCUT2D eigenvalue weighted by Crippen LogP contribution is -2.44. The minimum Gasteiger partial charge on any atom is -0.357 e. The van der Waals surface area contributed by atoms with E-state index in [2.05, 4.69) is 58.8 Å². The van der Waals surface area contributed by atoms with Gasteiger partial charge in [0, 0.05) is 50.7 Å². The minimum absolute atomic E-state index is 0. The number of likely N-dealkylation sites (N-methyl/N-ethyl adjacent to an activating group) is 1. The van der Waals surface area contributed by atoms with Crippen molar-refractivity contribution in [1.29, 1.82) is 0 Å². The Kier molecular flexibility index (Phi) is 13.3. The molecule has 156 valence electrons. The highest BCUT2D eigenvalue weighted by Gasteiger charge is 2.12. The summed E-state index contributed by atoms with van der Waals surface area (Å²) in [4.78, 5) is 11.2. The summed E-state index contributed by atoms with van der Waals surface area (Å²) in [6, 6.07) is 4.35. The molecule has 0 spiro atoms. The number of piperazine rings is 1. The Morgan fingerprint density at radius 2 is 2.00 bits per heavy atom. The molecule has 1 saturated heterocycles. The number of rotatable bonds is 10. The van der Waals surface area contributed by atoms with Crippen molar-refractivity contribution in [2.75, 3.05) is 59.4 Å². The maximum absolute atomic E-state index is 4.77. The predicted molar refractivity (Wildman–Crippen MR) is 130 cm³/mol. The molecule has 2 N–H and O–H groups in total. The Labute approximate surface area is 187 Å². The Balaban J connectivity index is 0.00000364. The number of unbranched alkanes of at least 4 members (excludes halogenated alkanes) is 1. The second-order valence-electron chi connectivity index (χ2n) is 7.39. The topological polar surface area (TPSA) is 42.9 Å². The third kappa shape index (κ3) is 10.7. The molecule has 0 aromatic carbocycles. The molecule has 0 saturated carbocycles. The van der Waals surface area contributed by atoms with E-state index in [1.54, 1.807) is 0 Å². The predicted octanol–water partition coefficient (Wildman–Crippen LogP) is 3.13. The molecule has 1 unspecified atom stereocenters. The molecule has 2 rings (SSSR count). The Bertz CT molecular complexity index is 500. The van der Waals surface area contributed by atoms with Crippen LogP contribution in [-0.4, -0.2) is 75.2 Å². The summed E-state index contributed by atoms with van der Waals surface area (Å²) in [5.74, 6) is 1.53. The third-order valence-corrected chi connectivity index (χ3v) is 5.72. The largest absolute Gasteiger partial charge is 0.357 e. The first-order chi connectivity index (χ1) is 12.7. The summed E-state index contributed by atoms with van der Waals surface area (Å²) >= 11 is 1.84. The van der Waals surface area contributed by atoms with Crippen LogP contribution in [0.1, 0.15) is 31.6 Å². The van der Waals surface area contributed by atoms with Crippen molar-refractivity contribution in [3.05, 3.63) is 22.4 Å². The van der Waals surface area contributed by atoms with E-state index in [1.807, 2.05) is 11.3 Å². The lowest BCUT2D eigenvalue weighted by molar-refractivity contribution is 0.152. The van der Waals surface area contributed by atoms with Gasteiger partial charge >= 0.3 is 0 Å².